The molecule has 22 heavy (non-hydrogen) atoms. The van der Waals surface area contributed by atoms with Gasteiger partial charge in [-0.05, 0) is 43.3 Å². The molecule has 0 aromatic heterocycles. The molecule has 0 heterocycles. The Morgan fingerprint density at radius 2 is 1.91 bits per heavy atom. The Morgan fingerprint density at radius 3 is 2.59 bits per heavy atom. The molecule has 2 rings (SSSR count). The Bertz CT molecular complexity index is 684. The van der Waals surface area contributed by atoms with Crippen LogP contribution in [0.2, 0.25) is 0 Å². The zero-order chi connectivity index (χ0) is 15.9. The average molecular weight is 363 g/mol. The van der Waals surface area contributed by atoms with Crippen molar-refractivity contribution in [3.05, 3.63) is 58.6 Å². The van der Waals surface area contributed by atoms with Crippen LogP contribution in [0.4, 0.5) is 0 Å². The summed E-state index contributed by atoms with van der Waals surface area (Å²) in [6.45, 7) is 1.56. The van der Waals surface area contributed by atoms with E-state index in [2.05, 4.69) is 26.5 Å². The molecule has 0 fully saturated rings. The van der Waals surface area contributed by atoms with E-state index in [-0.39, 0.29) is 18.3 Å². The number of aromatic hydroxyl groups is 1. The number of carbonyl (C=O) groups excluding carboxylic acids is 1. The van der Waals surface area contributed by atoms with Gasteiger partial charge in [0.25, 0.3) is 5.91 Å². The van der Waals surface area contributed by atoms with Gasteiger partial charge in [0, 0.05) is 10.0 Å². The molecule has 0 spiro atoms. The largest absolute Gasteiger partial charge is 0.507 e. The van der Waals surface area contributed by atoms with E-state index in [0.29, 0.717) is 17.0 Å². The van der Waals surface area contributed by atoms with Gasteiger partial charge in [0.05, 0.1) is 5.71 Å². The Kier molecular flexibility index (Phi) is 5.55. The summed E-state index contributed by atoms with van der Waals surface area (Å²) < 4.78 is 6.27. The minimum absolute atomic E-state index is 0.115. The van der Waals surface area contributed by atoms with Crippen LogP contribution in [0.25, 0.3) is 0 Å². The summed E-state index contributed by atoms with van der Waals surface area (Å²) in [7, 11) is 0. The van der Waals surface area contributed by atoms with Gasteiger partial charge in [-0.15, -0.1) is 0 Å². The van der Waals surface area contributed by atoms with E-state index in [1.807, 2.05) is 12.1 Å². The van der Waals surface area contributed by atoms with Crippen LogP contribution in [0.1, 0.15) is 12.5 Å². The smallest absolute Gasteiger partial charge is 0.277 e. The number of phenols is 1. The molecule has 0 saturated heterocycles. The van der Waals surface area contributed by atoms with E-state index in [0.717, 1.165) is 4.47 Å². The fourth-order valence-corrected chi connectivity index (χ4v) is 1.96. The first-order chi connectivity index (χ1) is 10.6. The maximum absolute atomic E-state index is 11.7. The molecule has 0 aliphatic rings. The number of amides is 1. The van der Waals surface area contributed by atoms with E-state index < -0.39 is 0 Å². The van der Waals surface area contributed by atoms with Crippen LogP contribution in [-0.2, 0) is 4.79 Å². The molecule has 2 aromatic rings. The third-order valence-electron chi connectivity index (χ3n) is 2.83. The molecule has 0 aliphatic carbocycles. The number of ether oxygens (including phenoxy) is 1. The predicted octanol–water partition coefficient (Wildman–Crippen LogP) is 3.07. The second kappa shape index (κ2) is 7.61. The third-order valence-corrected chi connectivity index (χ3v) is 3.35. The summed E-state index contributed by atoms with van der Waals surface area (Å²) in [5, 5.41) is 13.6. The lowest BCUT2D eigenvalue weighted by Crippen LogP contribution is -2.25. The maximum atomic E-state index is 11.7. The zero-order valence-electron chi connectivity index (χ0n) is 11.9. The number of hydrogen-bond acceptors (Lipinski definition) is 4. The monoisotopic (exact) mass is 362 g/mol. The van der Waals surface area contributed by atoms with Crippen LogP contribution in [-0.4, -0.2) is 23.3 Å². The highest BCUT2D eigenvalue weighted by atomic mass is 79.9. The van der Waals surface area contributed by atoms with Crippen molar-refractivity contribution in [3.8, 4) is 11.5 Å². The van der Waals surface area contributed by atoms with Crippen LogP contribution in [0.5, 0.6) is 11.5 Å². The second-order valence-corrected chi connectivity index (χ2v) is 5.41. The lowest BCUT2D eigenvalue weighted by Gasteiger charge is -2.06. The molecular formula is C16H15BrN2O3. The molecule has 2 N–H and O–H groups in total. The van der Waals surface area contributed by atoms with Gasteiger partial charge in [-0.3, -0.25) is 4.79 Å². The van der Waals surface area contributed by atoms with Gasteiger partial charge in [-0.25, -0.2) is 5.43 Å². The number of hydrazone groups is 1. The molecule has 2 aromatic carbocycles. The molecule has 0 saturated carbocycles. The van der Waals surface area contributed by atoms with E-state index in [9.17, 15) is 9.90 Å². The molecule has 5 nitrogen and oxygen atoms in total. The molecule has 0 bridgehead atoms. The van der Waals surface area contributed by atoms with Crippen molar-refractivity contribution >= 4 is 27.5 Å². The van der Waals surface area contributed by atoms with Gasteiger partial charge in [-0.1, -0.05) is 28.1 Å². The summed E-state index contributed by atoms with van der Waals surface area (Å²) in [4.78, 5) is 11.7. The zero-order valence-corrected chi connectivity index (χ0v) is 13.5. The number of carbonyl (C=O) groups is 1. The number of nitrogens with zero attached hydrogens (tertiary/aromatic N) is 1. The lowest BCUT2D eigenvalue weighted by atomic mass is 10.1. The van der Waals surface area contributed by atoms with Gasteiger partial charge < -0.3 is 9.84 Å². The summed E-state index contributed by atoms with van der Waals surface area (Å²) in [6, 6.07) is 14.0. The van der Waals surface area contributed by atoms with Crippen LogP contribution >= 0.6 is 15.9 Å². The van der Waals surface area contributed by atoms with Gasteiger partial charge in [-0.2, -0.15) is 5.10 Å². The SMILES string of the molecule is C/C(=N/NC(=O)COc1ccc(Br)cc1)c1ccccc1O. The highest BCUT2D eigenvalue weighted by Gasteiger charge is 2.05. The van der Waals surface area contributed by atoms with Crippen molar-refractivity contribution in [3.63, 3.8) is 0 Å². The normalized spacial score (nSPS) is 11.1. The van der Waals surface area contributed by atoms with E-state index in [4.69, 9.17) is 4.74 Å². The number of para-hydroxylation sites is 1. The van der Waals surface area contributed by atoms with E-state index in [1.54, 1.807) is 43.3 Å². The number of hydrogen-bond donors (Lipinski definition) is 2. The van der Waals surface area contributed by atoms with Crippen molar-refractivity contribution in [2.24, 2.45) is 5.10 Å². The lowest BCUT2D eigenvalue weighted by molar-refractivity contribution is -0.123. The first-order valence-corrected chi connectivity index (χ1v) is 7.35. The van der Waals surface area contributed by atoms with Gasteiger partial charge >= 0.3 is 0 Å². The Labute approximate surface area is 136 Å². The minimum Gasteiger partial charge on any atom is -0.507 e. The number of nitrogens with one attached hydrogen (secondary N) is 1. The number of phenolic OH excluding ortho intramolecular Hbond substituents is 1. The molecule has 0 aliphatic heterocycles. The maximum Gasteiger partial charge on any atom is 0.277 e. The fraction of sp³-hybridized carbons (Fsp3) is 0.125. The second-order valence-electron chi connectivity index (χ2n) is 4.49. The van der Waals surface area contributed by atoms with Gasteiger partial charge in [0.1, 0.15) is 11.5 Å². The number of rotatable bonds is 5. The number of benzene rings is 2. The molecule has 0 radical (unpaired) electrons. The molecule has 114 valence electrons. The highest BCUT2D eigenvalue weighted by Crippen LogP contribution is 2.17. The van der Waals surface area contributed by atoms with Crippen LogP contribution in [0.15, 0.2) is 58.1 Å². The minimum atomic E-state index is -0.377. The average Bonchev–Trinajstić information content (AvgIpc) is 2.52. The Hall–Kier alpha value is -2.34. The van der Waals surface area contributed by atoms with Gasteiger partial charge in [0.15, 0.2) is 6.61 Å². The van der Waals surface area contributed by atoms with Crippen LogP contribution < -0.4 is 10.2 Å². The summed E-state index contributed by atoms with van der Waals surface area (Å²) in [6.07, 6.45) is 0. The quantitative estimate of drug-likeness (QED) is 0.634. The highest BCUT2D eigenvalue weighted by molar-refractivity contribution is 9.10. The Morgan fingerprint density at radius 1 is 1.23 bits per heavy atom. The summed E-state index contributed by atoms with van der Waals surface area (Å²) in [5.74, 6) is 0.335. The van der Waals surface area contributed by atoms with Crippen molar-refractivity contribution < 1.29 is 14.6 Å². The fourth-order valence-electron chi connectivity index (χ4n) is 1.70. The van der Waals surface area contributed by atoms with Crippen LogP contribution in [0, 0.1) is 0 Å². The van der Waals surface area contributed by atoms with E-state index in [1.165, 1.54) is 0 Å². The molecule has 0 atom stereocenters. The topological polar surface area (TPSA) is 70.9 Å². The van der Waals surface area contributed by atoms with Gasteiger partial charge in [0.2, 0.25) is 0 Å². The first kappa shape index (κ1) is 16.0. The van der Waals surface area contributed by atoms with Crippen molar-refractivity contribution in [2.45, 2.75) is 6.92 Å². The van der Waals surface area contributed by atoms with E-state index >= 15 is 0 Å². The summed E-state index contributed by atoms with van der Waals surface area (Å²) >= 11 is 3.32. The standard InChI is InChI=1S/C16H15BrN2O3/c1-11(14-4-2-3-5-15(14)20)18-19-16(21)10-22-13-8-6-12(17)7-9-13/h2-9,20H,10H2,1H3,(H,19,21)/b18-11-. The Balaban J connectivity index is 1.88. The van der Waals surface area contributed by atoms with Crippen LogP contribution in [0.3, 0.4) is 0 Å². The first-order valence-electron chi connectivity index (χ1n) is 6.56. The van der Waals surface area contributed by atoms with Crippen molar-refractivity contribution in [1.82, 2.24) is 5.43 Å². The summed E-state index contributed by atoms with van der Waals surface area (Å²) in [5.41, 5.74) is 3.47. The predicted molar refractivity (Wildman–Crippen MR) is 88.1 cm³/mol. The molecular weight excluding hydrogens is 348 g/mol. The third kappa shape index (κ3) is 4.60. The number of halogens is 1. The van der Waals surface area contributed by atoms with Crippen molar-refractivity contribution in [2.75, 3.05) is 6.61 Å². The molecule has 6 heteroatoms. The molecule has 1 amide bonds. The molecule has 0 unspecified atom stereocenters. The van der Waals surface area contributed by atoms with Crippen molar-refractivity contribution in [1.29, 1.82) is 0 Å².